The summed E-state index contributed by atoms with van der Waals surface area (Å²) in [4.78, 5) is 63.4. The van der Waals surface area contributed by atoms with Crippen LogP contribution in [0.15, 0.2) is 24.0 Å². The van der Waals surface area contributed by atoms with Crippen LogP contribution in [0.4, 0.5) is 0 Å². The molecule has 1 saturated heterocycles. The second kappa shape index (κ2) is 10.3. The van der Waals surface area contributed by atoms with Gasteiger partial charge in [-0.3, -0.25) is 9.59 Å². The van der Waals surface area contributed by atoms with Gasteiger partial charge >= 0.3 is 29.8 Å². The molecule has 2 heterocycles. The molecule has 0 aromatic heterocycles. The van der Waals surface area contributed by atoms with Crippen molar-refractivity contribution in [3.8, 4) is 11.5 Å². The van der Waals surface area contributed by atoms with Crippen LogP contribution in [0.3, 0.4) is 0 Å². The third kappa shape index (κ3) is 4.36. The number of phenols is 1. The van der Waals surface area contributed by atoms with E-state index in [0.29, 0.717) is 24.9 Å². The minimum atomic E-state index is -2.19. The topological polar surface area (TPSA) is 195 Å². The first-order chi connectivity index (χ1) is 19.7. The molecule has 2 bridgehead atoms. The SMILES string of the molecule is CC(=O)OC(C(=O)O[C@@H](C)C(=O)O)[C@H](OC(C)=O)C(=O)OC1=CC[C@@]2(O)[C@H]3Cc4ccc(O)c5c4C2(CCN3C)C1O5. The second-order valence-corrected chi connectivity index (χ2v) is 11.0. The van der Waals surface area contributed by atoms with Crippen LogP contribution in [0.5, 0.6) is 11.5 Å². The Bertz CT molecular complexity index is 1400. The number of aliphatic carboxylic acids is 1. The Labute approximate surface area is 239 Å². The van der Waals surface area contributed by atoms with Gasteiger partial charge in [0.2, 0.25) is 12.2 Å². The average Bonchev–Trinajstić information content (AvgIpc) is 3.27. The van der Waals surface area contributed by atoms with Crippen molar-refractivity contribution < 1.29 is 63.0 Å². The third-order valence-electron chi connectivity index (χ3n) is 8.54. The van der Waals surface area contributed by atoms with Gasteiger partial charge in [-0.25, -0.2) is 14.4 Å². The number of likely N-dealkylation sites (N-methyl/N-ethyl adjacent to an activating group) is 1. The highest BCUT2D eigenvalue weighted by Gasteiger charge is 2.72. The van der Waals surface area contributed by atoms with Crippen LogP contribution in [0.1, 0.15) is 44.7 Å². The zero-order valence-electron chi connectivity index (χ0n) is 23.3. The third-order valence-corrected chi connectivity index (χ3v) is 8.54. The minimum Gasteiger partial charge on any atom is -0.504 e. The smallest absolute Gasteiger partial charge is 0.357 e. The maximum absolute atomic E-state index is 13.6. The molecule has 1 aromatic carbocycles. The summed E-state index contributed by atoms with van der Waals surface area (Å²) in [5.74, 6) is -6.45. The number of aliphatic hydroxyl groups is 1. The number of rotatable bonds is 8. The zero-order chi connectivity index (χ0) is 30.7. The van der Waals surface area contributed by atoms with E-state index >= 15 is 0 Å². The molecular formula is C28H31NO13. The zero-order valence-corrected chi connectivity index (χ0v) is 23.3. The van der Waals surface area contributed by atoms with Gasteiger partial charge in [0.05, 0.1) is 11.0 Å². The average molecular weight is 590 g/mol. The molecule has 1 aromatic rings. The maximum atomic E-state index is 13.6. The number of benzene rings is 1. The van der Waals surface area contributed by atoms with E-state index in [-0.39, 0.29) is 29.7 Å². The van der Waals surface area contributed by atoms with E-state index in [0.717, 1.165) is 26.3 Å². The number of aromatic hydroxyl groups is 1. The van der Waals surface area contributed by atoms with Crippen LogP contribution >= 0.6 is 0 Å². The van der Waals surface area contributed by atoms with Crippen molar-refractivity contribution in [3.63, 3.8) is 0 Å². The number of carboxylic acids is 1. The number of likely N-dealkylation sites (tertiary alicyclic amines) is 1. The first-order valence-corrected chi connectivity index (χ1v) is 13.3. The first kappa shape index (κ1) is 29.3. The molecule has 4 aliphatic rings. The van der Waals surface area contributed by atoms with Gasteiger partial charge in [0.15, 0.2) is 23.7 Å². The maximum Gasteiger partial charge on any atom is 0.357 e. The Balaban J connectivity index is 1.51. The van der Waals surface area contributed by atoms with Crippen molar-refractivity contribution >= 4 is 29.8 Å². The number of ether oxygens (including phenoxy) is 5. The van der Waals surface area contributed by atoms with Crippen molar-refractivity contribution in [3.05, 3.63) is 35.1 Å². The summed E-state index contributed by atoms with van der Waals surface area (Å²) >= 11 is 0. The van der Waals surface area contributed by atoms with Gasteiger partial charge in [-0.05, 0) is 51.1 Å². The number of piperidine rings is 1. The number of carbonyl (C=O) groups excluding carboxylic acids is 4. The van der Waals surface area contributed by atoms with E-state index in [9.17, 15) is 34.2 Å². The fourth-order valence-corrected chi connectivity index (χ4v) is 6.73. The summed E-state index contributed by atoms with van der Waals surface area (Å²) < 4.78 is 26.7. The highest BCUT2D eigenvalue weighted by atomic mass is 16.6. The molecule has 0 amide bonds. The molecule has 42 heavy (non-hydrogen) atoms. The fourth-order valence-electron chi connectivity index (χ4n) is 6.73. The molecule has 2 aliphatic carbocycles. The number of nitrogens with zero attached hydrogens (tertiary/aromatic N) is 1. The molecule has 3 unspecified atom stereocenters. The standard InChI is InChI=1S/C28H31NO13/c1-12(24(33)34)38-25(35)21(39-13(2)30)22(40-14(3)31)26(36)41-17-7-8-28(37)18-11-15-5-6-16(32)20-19(15)27(28,23(17)42-20)9-10-29(18)4/h5-7,12,18,21-23,32,37H,8-11H2,1-4H3,(H,33,34)/t12-,18+,21?,22-,23?,27?,28+/m0/s1. The van der Waals surface area contributed by atoms with Gasteiger partial charge in [0.1, 0.15) is 5.76 Å². The number of carbonyl (C=O) groups is 5. The Morgan fingerprint density at radius 2 is 1.69 bits per heavy atom. The lowest BCUT2D eigenvalue weighted by Gasteiger charge is -2.61. The van der Waals surface area contributed by atoms with E-state index in [1.54, 1.807) is 6.07 Å². The van der Waals surface area contributed by atoms with Crippen LogP contribution in [0, 0.1) is 0 Å². The lowest BCUT2D eigenvalue weighted by Crippen LogP contribution is -2.74. The summed E-state index contributed by atoms with van der Waals surface area (Å²) in [7, 11) is 1.91. The van der Waals surface area contributed by atoms with Crippen molar-refractivity contribution in [2.75, 3.05) is 13.6 Å². The van der Waals surface area contributed by atoms with E-state index < -0.39 is 65.3 Å². The lowest BCUT2D eigenvalue weighted by molar-refractivity contribution is -0.194. The first-order valence-electron chi connectivity index (χ1n) is 13.3. The monoisotopic (exact) mass is 589 g/mol. The molecule has 5 rings (SSSR count). The van der Waals surface area contributed by atoms with Gasteiger partial charge in [0, 0.05) is 31.9 Å². The van der Waals surface area contributed by atoms with Gasteiger partial charge < -0.3 is 43.9 Å². The van der Waals surface area contributed by atoms with Crippen molar-refractivity contribution in [2.24, 2.45) is 0 Å². The Hall–Kier alpha value is -4.17. The lowest BCUT2D eigenvalue weighted by atomic mass is 9.50. The van der Waals surface area contributed by atoms with E-state index in [1.165, 1.54) is 12.1 Å². The number of hydrogen-bond donors (Lipinski definition) is 3. The molecule has 14 heteroatoms. The summed E-state index contributed by atoms with van der Waals surface area (Å²) in [6, 6.07) is 2.98. The predicted molar refractivity (Wildman–Crippen MR) is 137 cm³/mol. The van der Waals surface area contributed by atoms with E-state index in [4.69, 9.17) is 28.8 Å². The van der Waals surface area contributed by atoms with Crippen molar-refractivity contribution in [2.45, 2.75) is 81.5 Å². The van der Waals surface area contributed by atoms with Gasteiger partial charge in [-0.1, -0.05) is 6.07 Å². The van der Waals surface area contributed by atoms with Crippen LogP contribution in [-0.4, -0.2) is 99.7 Å². The van der Waals surface area contributed by atoms with Crippen LogP contribution in [0.2, 0.25) is 0 Å². The Kier molecular flexibility index (Phi) is 7.18. The Morgan fingerprint density at radius 3 is 2.31 bits per heavy atom. The summed E-state index contributed by atoms with van der Waals surface area (Å²) in [6.07, 6.45) is -4.72. The molecular weight excluding hydrogens is 558 g/mol. The van der Waals surface area contributed by atoms with Crippen LogP contribution < -0.4 is 4.74 Å². The highest BCUT2D eigenvalue weighted by molar-refractivity contribution is 5.90. The fraction of sp³-hybridized carbons (Fsp3) is 0.536. The summed E-state index contributed by atoms with van der Waals surface area (Å²) in [5.41, 5.74) is -0.930. The number of phenolic OH excluding ortho intramolecular Hbond substituents is 1. The second-order valence-electron chi connectivity index (χ2n) is 11.0. The highest BCUT2D eigenvalue weighted by Crippen LogP contribution is 2.65. The molecule has 3 N–H and O–H groups in total. The molecule has 1 fully saturated rings. The predicted octanol–water partition coefficient (Wildman–Crippen LogP) is 0.0928. The molecule has 0 saturated carbocycles. The molecule has 1 spiro atoms. The van der Waals surface area contributed by atoms with Crippen LogP contribution in [0.25, 0.3) is 0 Å². The summed E-state index contributed by atoms with van der Waals surface area (Å²) in [5, 5.41) is 32.0. The number of hydrogen-bond acceptors (Lipinski definition) is 13. The van der Waals surface area contributed by atoms with Crippen LogP contribution in [-0.2, 0) is 54.8 Å². The number of carboxylic acid groups (broad SMARTS) is 1. The Morgan fingerprint density at radius 1 is 1.05 bits per heavy atom. The quantitative estimate of drug-likeness (QED) is 0.273. The largest absolute Gasteiger partial charge is 0.504 e. The number of esters is 4. The molecule has 14 nitrogen and oxygen atoms in total. The molecule has 2 aliphatic heterocycles. The van der Waals surface area contributed by atoms with Gasteiger partial charge in [0.25, 0.3) is 0 Å². The molecule has 226 valence electrons. The van der Waals surface area contributed by atoms with Gasteiger partial charge in [-0.15, -0.1) is 0 Å². The molecule has 0 radical (unpaired) electrons. The van der Waals surface area contributed by atoms with E-state index in [1.807, 2.05) is 7.05 Å². The van der Waals surface area contributed by atoms with E-state index in [2.05, 4.69) is 4.90 Å². The van der Waals surface area contributed by atoms with Gasteiger partial charge in [-0.2, -0.15) is 0 Å². The normalized spacial score (nSPS) is 29.0. The summed E-state index contributed by atoms with van der Waals surface area (Å²) in [6.45, 7) is 3.47. The van der Waals surface area contributed by atoms with Crippen molar-refractivity contribution in [1.29, 1.82) is 0 Å². The molecule has 7 atom stereocenters. The van der Waals surface area contributed by atoms with Crippen molar-refractivity contribution in [1.82, 2.24) is 4.90 Å². The minimum absolute atomic E-state index is 0.0444.